The van der Waals surface area contributed by atoms with E-state index < -0.39 is 35.8 Å². The fraction of sp³-hybridized carbons (Fsp3) is 0.385. The van der Waals surface area contributed by atoms with Crippen molar-refractivity contribution in [2.45, 2.75) is 24.4 Å². The predicted octanol–water partition coefficient (Wildman–Crippen LogP) is -1.84. The van der Waals surface area contributed by atoms with Gasteiger partial charge >= 0.3 is 5.69 Å². The Bertz CT molecular complexity index is 720. The normalized spacial score (nSPS) is 28.8. The molecular formula is C13H12N2O5. The van der Waals surface area contributed by atoms with E-state index in [1.165, 1.54) is 0 Å². The third-order valence-corrected chi connectivity index (χ3v) is 3.22. The Balaban J connectivity index is 2.46. The molecule has 104 valence electrons. The van der Waals surface area contributed by atoms with E-state index in [1.54, 1.807) is 0 Å². The molecule has 1 saturated heterocycles. The maximum Gasteiger partial charge on any atom is 0.330 e. The van der Waals surface area contributed by atoms with Gasteiger partial charge in [0.2, 0.25) is 0 Å². The topological polar surface area (TPSA) is 105 Å². The number of aromatic amines is 1. The van der Waals surface area contributed by atoms with E-state index in [0.717, 1.165) is 10.8 Å². The van der Waals surface area contributed by atoms with E-state index in [2.05, 4.69) is 11.8 Å². The summed E-state index contributed by atoms with van der Waals surface area (Å²) in [5, 5.41) is 19.1. The number of terminal acetylenes is 2. The Hall–Kier alpha value is -2.32. The van der Waals surface area contributed by atoms with Gasteiger partial charge in [-0.2, -0.15) is 0 Å². The molecule has 0 bridgehead atoms. The van der Waals surface area contributed by atoms with Crippen LogP contribution in [0.15, 0.2) is 15.8 Å². The van der Waals surface area contributed by atoms with Crippen molar-refractivity contribution in [3.05, 3.63) is 32.6 Å². The third kappa shape index (κ3) is 2.04. The molecule has 2 rings (SSSR count). The summed E-state index contributed by atoms with van der Waals surface area (Å²) in [5.41, 5.74) is -3.05. The van der Waals surface area contributed by atoms with Crippen molar-refractivity contribution in [1.29, 1.82) is 0 Å². The molecule has 1 aliphatic rings. The van der Waals surface area contributed by atoms with E-state index in [1.807, 2.05) is 4.98 Å². The lowest BCUT2D eigenvalue weighted by Gasteiger charge is -2.23. The van der Waals surface area contributed by atoms with E-state index >= 15 is 0 Å². The summed E-state index contributed by atoms with van der Waals surface area (Å²) in [6.45, 7) is -0.596. The quantitative estimate of drug-likeness (QED) is 0.551. The monoisotopic (exact) mass is 276 g/mol. The lowest BCUT2D eigenvalue weighted by atomic mass is 9.99. The molecule has 1 aliphatic heterocycles. The van der Waals surface area contributed by atoms with E-state index in [-0.39, 0.29) is 12.0 Å². The van der Waals surface area contributed by atoms with E-state index in [9.17, 15) is 19.8 Å². The Labute approximate surface area is 113 Å². The van der Waals surface area contributed by atoms with Crippen molar-refractivity contribution in [2.24, 2.45) is 0 Å². The Morgan fingerprint density at radius 2 is 2.25 bits per heavy atom. The molecule has 0 saturated carbocycles. The van der Waals surface area contributed by atoms with Crippen molar-refractivity contribution in [2.75, 3.05) is 6.61 Å². The van der Waals surface area contributed by atoms with Gasteiger partial charge in [-0.15, -0.1) is 12.8 Å². The summed E-state index contributed by atoms with van der Waals surface area (Å²) in [6.07, 6.45) is 9.48. The van der Waals surface area contributed by atoms with Crippen LogP contribution in [0, 0.1) is 24.7 Å². The number of H-pyrrole nitrogens is 1. The fourth-order valence-electron chi connectivity index (χ4n) is 2.04. The zero-order chi connectivity index (χ0) is 14.9. The summed E-state index contributed by atoms with van der Waals surface area (Å²) in [6, 6.07) is 0. The summed E-state index contributed by atoms with van der Waals surface area (Å²) >= 11 is 0. The molecule has 2 heterocycles. The summed E-state index contributed by atoms with van der Waals surface area (Å²) in [5.74, 6) is 4.32. The second-order valence-electron chi connectivity index (χ2n) is 4.37. The average molecular weight is 276 g/mol. The lowest BCUT2D eigenvalue weighted by molar-refractivity contribution is -0.0912. The first-order chi connectivity index (χ1) is 9.47. The molecule has 20 heavy (non-hydrogen) atoms. The number of nitrogens with zero attached hydrogens (tertiary/aromatic N) is 1. The molecule has 0 radical (unpaired) electrons. The zero-order valence-electron chi connectivity index (χ0n) is 10.4. The Morgan fingerprint density at radius 1 is 1.55 bits per heavy atom. The van der Waals surface area contributed by atoms with Crippen LogP contribution in [0.5, 0.6) is 0 Å². The smallest absolute Gasteiger partial charge is 0.330 e. The average Bonchev–Trinajstić information content (AvgIpc) is 2.76. The summed E-state index contributed by atoms with van der Waals surface area (Å²) < 4.78 is 6.44. The van der Waals surface area contributed by atoms with Gasteiger partial charge in [-0.3, -0.25) is 14.3 Å². The highest BCUT2D eigenvalue weighted by Gasteiger charge is 2.47. The van der Waals surface area contributed by atoms with Gasteiger partial charge in [0.05, 0.1) is 6.61 Å². The van der Waals surface area contributed by atoms with Gasteiger partial charge in [0, 0.05) is 12.6 Å². The molecule has 1 aromatic heterocycles. The molecule has 7 nitrogen and oxygen atoms in total. The molecule has 1 unspecified atom stereocenters. The number of hydrogen-bond acceptors (Lipinski definition) is 5. The maximum absolute atomic E-state index is 11.8. The molecule has 0 aliphatic carbocycles. The van der Waals surface area contributed by atoms with Gasteiger partial charge in [0.25, 0.3) is 5.56 Å². The molecule has 1 aromatic rings. The Kier molecular flexibility index (Phi) is 3.51. The van der Waals surface area contributed by atoms with Crippen LogP contribution < -0.4 is 11.2 Å². The molecule has 0 aromatic carbocycles. The minimum atomic E-state index is -1.57. The van der Waals surface area contributed by atoms with Crippen LogP contribution >= 0.6 is 0 Å². The number of aromatic nitrogens is 2. The minimum Gasteiger partial charge on any atom is -0.392 e. The highest BCUT2D eigenvalue weighted by Crippen LogP contribution is 2.35. The van der Waals surface area contributed by atoms with E-state index in [0.29, 0.717) is 0 Å². The van der Waals surface area contributed by atoms with Crippen molar-refractivity contribution >= 4 is 0 Å². The van der Waals surface area contributed by atoms with Gasteiger partial charge in [-0.1, -0.05) is 11.8 Å². The highest BCUT2D eigenvalue weighted by atomic mass is 16.6. The predicted molar refractivity (Wildman–Crippen MR) is 68.7 cm³/mol. The standard InChI is InChI=1S/C13H12N2O5/c1-3-8-6-15(12(19)14-11(8)18)10-5-9(17)13(4-2,7-16)20-10/h1-2,6,9-10,16-17H,5,7H2,(H,14,18,19)/t9?,10-,13-/m0/s1. The molecule has 1 fully saturated rings. The number of rotatable bonds is 2. The molecule has 3 N–H and O–H groups in total. The van der Waals surface area contributed by atoms with Crippen LogP contribution in [0.25, 0.3) is 0 Å². The fourth-order valence-corrected chi connectivity index (χ4v) is 2.04. The number of ether oxygens (including phenoxy) is 1. The highest BCUT2D eigenvalue weighted by molar-refractivity contribution is 5.26. The second-order valence-corrected chi connectivity index (χ2v) is 4.37. The van der Waals surface area contributed by atoms with Crippen LogP contribution in [0.1, 0.15) is 18.2 Å². The molecule has 0 spiro atoms. The van der Waals surface area contributed by atoms with Gasteiger partial charge in [0.15, 0.2) is 5.60 Å². The van der Waals surface area contributed by atoms with E-state index in [4.69, 9.17) is 17.6 Å². The first-order valence-corrected chi connectivity index (χ1v) is 5.74. The van der Waals surface area contributed by atoms with Gasteiger partial charge in [-0.05, 0) is 0 Å². The van der Waals surface area contributed by atoms with Crippen molar-refractivity contribution in [3.8, 4) is 24.7 Å². The first-order valence-electron chi connectivity index (χ1n) is 5.74. The molecule has 7 heteroatoms. The lowest BCUT2D eigenvalue weighted by Crippen LogP contribution is -2.41. The van der Waals surface area contributed by atoms with Crippen molar-refractivity contribution in [1.82, 2.24) is 9.55 Å². The van der Waals surface area contributed by atoms with Crippen LogP contribution in [0.3, 0.4) is 0 Å². The summed E-state index contributed by atoms with van der Waals surface area (Å²) in [4.78, 5) is 25.2. The molecule has 0 amide bonds. The van der Waals surface area contributed by atoms with Gasteiger partial charge in [0.1, 0.15) is 17.9 Å². The van der Waals surface area contributed by atoms with Crippen LogP contribution in [-0.2, 0) is 4.74 Å². The number of nitrogens with one attached hydrogen (secondary N) is 1. The summed E-state index contributed by atoms with van der Waals surface area (Å²) in [7, 11) is 0. The van der Waals surface area contributed by atoms with Gasteiger partial charge in [-0.25, -0.2) is 4.79 Å². The van der Waals surface area contributed by atoms with Crippen LogP contribution in [0.2, 0.25) is 0 Å². The second kappa shape index (κ2) is 4.99. The Morgan fingerprint density at radius 3 is 2.75 bits per heavy atom. The largest absolute Gasteiger partial charge is 0.392 e. The number of hydrogen-bond donors (Lipinski definition) is 3. The van der Waals surface area contributed by atoms with Crippen LogP contribution in [-0.4, -0.2) is 38.1 Å². The number of aliphatic hydroxyl groups excluding tert-OH is 2. The molecule has 3 atom stereocenters. The molecular weight excluding hydrogens is 264 g/mol. The SMILES string of the molecule is C#Cc1cn([C@@H]2CC(O)[C@](C#C)(CO)O2)c(=O)[nH]c1=O. The van der Waals surface area contributed by atoms with Crippen molar-refractivity contribution < 1.29 is 14.9 Å². The zero-order valence-corrected chi connectivity index (χ0v) is 10.4. The van der Waals surface area contributed by atoms with Crippen LogP contribution in [0.4, 0.5) is 0 Å². The van der Waals surface area contributed by atoms with Crippen molar-refractivity contribution in [3.63, 3.8) is 0 Å². The third-order valence-electron chi connectivity index (χ3n) is 3.22. The maximum atomic E-state index is 11.8. The van der Waals surface area contributed by atoms with Gasteiger partial charge < -0.3 is 14.9 Å². The number of aliphatic hydroxyl groups is 2. The first kappa shape index (κ1) is 14.1. The minimum absolute atomic E-state index is 0.0132.